The third-order valence-electron chi connectivity index (χ3n) is 3.29. The molecule has 0 saturated carbocycles. The number of aromatic nitrogens is 2. The van der Waals surface area contributed by atoms with E-state index in [9.17, 15) is 4.79 Å². The summed E-state index contributed by atoms with van der Waals surface area (Å²) in [6.07, 6.45) is 0. The van der Waals surface area contributed by atoms with Gasteiger partial charge >= 0.3 is 0 Å². The summed E-state index contributed by atoms with van der Waals surface area (Å²) in [6.45, 7) is 1.91. The van der Waals surface area contributed by atoms with Gasteiger partial charge < -0.3 is 0 Å². The topological polar surface area (TPSA) is 54.9 Å². The zero-order valence-electron chi connectivity index (χ0n) is 12.8. The fourth-order valence-electron chi connectivity index (χ4n) is 2.04. The molecule has 4 nitrogen and oxygen atoms in total. The van der Waals surface area contributed by atoms with Crippen molar-refractivity contribution in [3.8, 4) is 0 Å². The average molecular weight is 376 g/mol. The maximum absolute atomic E-state index is 12.3. The highest BCUT2D eigenvalue weighted by molar-refractivity contribution is 8.00. The molecular formula is C17H14ClN3OS2. The molecule has 1 N–H and O–H groups in total. The molecule has 0 bridgehead atoms. The molecule has 3 aromatic rings. The van der Waals surface area contributed by atoms with Crippen molar-refractivity contribution in [3.63, 3.8) is 0 Å². The first-order valence-corrected chi connectivity index (χ1v) is 9.37. The zero-order chi connectivity index (χ0) is 16.9. The molecule has 0 unspecified atom stereocenters. The standard InChI is InChI=1S/C17H14ClN3OS2/c1-11-4-2-3-5-14(11)15(22)19-16-20-21-17(24-16)23-10-12-6-8-13(18)9-7-12/h2-9H,10H2,1H3,(H,19,20,22). The van der Waals surface area contributed by atoms with E-state index in [2.05, 4.69) is 15.5 Å². The van der Waals surface area contributed by atoms with Gasteiger partial charge in [-0.15, -0.1) is 10.2 Å². The predicted molar refractivity (Wildman–Crippen MR) is 100 cm³/mol. The van der Waals surface area contributed by atoms with Gasteiger partial charge in [-0.25, -0.2) is 0 Å². The van der Waals surface area contributed by atoms with Crippen LogP contribution in [-0.2, 0) is 5.75 Å². The van der Waals surface area contributed by atoms with Crippen molar-refractivity contribution < 1.29 is 4.79 Å². The smallest absolute Gasteiger partial charge is 0.257 e. The maximum atomic E-state index is 12.3. The number of hydrogen-bond donors (Lipinski definition) is 1. The minimum atomic E-state index is -0.168. The molecule has 0 radical (unpaired) electrons. The van der Waals surface area contributed by atoms with Gasteiger partial charge in [0.25, 0.3) is 5.91 Å². The number of halogens is 1. The summed E-state index contributed by atoms with van der Waals surface area (Å²) in [6, 6.07) is 15.1. The maximum Gasteiger partial charge on any atom is 0.257 e. The molecule has 1 aromatic heterocycles. The van der Waals surface area contributed by atoms with Gasteiger partial charge in [0.15, 0.2) is 4.34 Å². The van der Waals surface area contributed by atoms with E-state index < -0.39 is 0 Å². The van der Waals surface area contributed by atoms with Crippen molar-refractivity contribution in [2.75, 3.05) is 5.32 Å². The van der Waals surface area contributed by atoms with Gasteiger partial charge in [-0.1, -0.05) is 65.0 Å². The van der Waals surface area contributed by atoms with E-state index in [1.165, 1.54) is 11.3 Å². The molecule has 0 aliphatic carbocycles. The quantitative estimate of drug-likeness (QED) is 0.501. The Morgan fingerprint density at radius 3 is 2.67 bits per heavy atom. The lowest BCUT2D eigenvalue weighted by Gasteiger charge is -2.03. The molecule has 0 aliphatic rings. The van der Waals surface area contributed by atoms with Crippen LogP contribution in [-0.4, -0.2) is 16.1 Å². The van der Waals surface area contributed by atoms with Crippen molar-refractivity contribution in [2.45, 2.75) is 17.0 Å². The number of thioether (sulfide) groups is 1. The van der Waals surface area contributed by atoms with E-state index in [-0.39, 0.29) is 5.91 Å². The highest BCUT2D eigenvalue weighted by atomic mass is 35.5. The van der Waals surface area contributed by atoms with Crippen LogP contribution in [0.25, 0.3) is 0 Å². The lowest BCUT2D eigenvalue weighted by molar-refractivity contribution is 0.102. The van der Waals surface area contributed by atoms with Gasteiger partial charge in [0, 0.05) is 16.3 Å². The number of aryl methyl sites for hydroxylation is 1. The van der Waals surface area contributed by atoms with Crippen LogP contribution < -0.4 is 5.32 Å². The van der Waals surface area contributed by atoms with Crippen LogP contribution in [0.3, 0.4) is 0 Å². The first kappa shape index (κ1) is 17.0. The summed E-state index contributed by atoms with van der Waals surface area (Å²) in [7, 11) is 0. The molecule has 0 aliphatic heterocycles. The van der Waals surface area contributed by atoms with Gasteiger partial charge in [0.2, 0.25) is 5.13 Å². The van der Waals surface area contributed by atoms with E-state index in [1.54, 1.807) is 17.8 Å². The first-order chi connectivity index (χ1) is 11.6. The fraction of sp³-hybridized carbons (Fsp3) is 0.118. The molecule has 3 rings (SSSR count). The third kappa shape index (κ3) is 4.35. The SMILES string of the molecule is Cc1ccccc1C(=O)Nc1nnc(SCc2ccc(Cl)cc2)s1. The Kier molecular flexibility index (Phi) is 5.50. The van der Waals surface area contributed by atoms with Crippen molar-refractivity contribution >= 4 is 45.7 Å². The molecule has 24 heavy (non-hydrogen) atoms. The molecule has 1 amide bonds. The summed E-state index contributed by atoms with van der Waals surface area (Å²) in [5.41, 5.74) is 2.73. The highest BCUT2D eigenvalue weighted by Gasteiger charge is 2.12. The summed E-state index contributed by atoms with van der Waals surface area (Å²) in [5, 5.41) is 12.2. The molecule has 0 atom stereocenters. The van der Waals surface area contributed by atoms with Crippen LogP contribution in [0, 0.1) is 6.92 Å². The minimum Gasteiger partial charge on any atom is -0.296 e. The molecule has 7 heteroatoms. The Morgan fingerprint density at radius 1 is 1.17 bits per heavy atom. The fourth-order valence-corrected chi connectivity index (χ4v) is 3.87. The number of nitrogens with zero attached hydrogens (tertiary/aromatic N) is 2. The number of rotatable bonds is 5. The van der Waals surface area contributed by atoms with Crippen LogP contribution in [0.5, 0.6) is 0 Å². The Bertz CT molecular complexity index is 849. The number of benzene rings is 2. The zero-order valence-corrected chi connectivity index (χ0v) is 15.2. The number of hydrogen-bond acceptors (Lipinski definition) is 5. The van der Waals surface area contributed by atoms with Gasteiger partial charge in [0.1, 0.15) is 0 Å². The van der Waals surface area contributed by atoms with Crippen molar-refractivity contribution in [1.82, 2.24) is 10.2 Å². The summed E-state index contributed by atoms with van der Waals surface area (Å²) in [5.74, 6) is 0.607. The Morgan fingerprint density at radius 2 is 1.92 bits per heavy atom. The molecule has 0 saturated heterocycles. The minimum absolute atomic E-state index is 0.168. The third-order valence-corrected chi connectivity index (χ3v) is 5.59. The lowest BCUT2D eigenvalue weighted by Crippen LogP contribution is -2.12. The molecule has 122 valence electrons. The molecule has 1 heterocycles. The first-order valence-electron chi connectivity index (χ1n) is 7.19. The molecule has 0 fully saturated rings. The average Bonchev–Trinajstić information content (AvgIpc) is 3.02. The van der Waals surface area contributed by atoms with Crippen LogP contribution in [0.2, 0.25) is 5.02 Å². The number of nitrogens with one attached hydrogen (secondary N) is 1. The molecule has 2 aromatic carbocycles. The number of anilines is 1. The van der Waals surface area contributed by atoms with Crippen LogP contribution in [0.1, 0.15) is 21.5 Å². The van der Waals surface area contributed by atoms with Crippen LogP contribution in [0.4, 0.5) is 5.13 Å². The monoisotopic (exact) mass is 375 g/mol. The van der Waals surface area contributed by atoms with Crippen molar-refractivity contribution in [3.05, 3.63) is 70.2 Å². The number of carbonyl (C=O) groups is 1. The van der Waals surface area contributed by atoms with Gasteiger partial charge in [-0.05, 0) is 36.2 Å². The molecular weight excluding hydrogens is 362 g/mol. The predicted octanol–water partition coefficient (Wildman–Crippen LogP) is 5.04. The van der Waals surface area contributed by atoms with Crippen molar-refractivity contribution in [2.24, 2.45) is 0 Å². The van der Waals surface area contributed by atoms with E-state index in [4.69, 9.17) is 11.6 Å². The van der Waals surface area contributed by atoms with Gasteiger partial charge in [-0.3, -0.25) is 10.1 Å². The molecule has 0 spiro atoms. The van der Waals surface area contributed by atoms with E-state index in [0.717, 1.165) is 26.2 Å². The Balaban J connectivity index is 1.60. The largest absolute Gasteiger partial charge is 0.296 e. The Hall–Kier alpha value is -1.89. The normalized spacial score (nSPS) is 10.6. The summed E-state index contributed by atoms with van der Waals surface area (Å²) >= 11 is 8.82. The lowest BCUT2D eigenvalue weighted by atomic mass is 10.1. The van der Waals surface area contributed by atoms with Gasteiger partial charge in [0.05, 0.1) is 0 Å². The second kappa shape index (κ2) is 7.79. The number of amides is 1. The van der Waals surface area contributed by atoms with Crippen LogP contribution >= 0.6 is 34.7 Å². The van der Waals surface area contributed by atoms with E-state index in [0.29, 0.717) is 10.7 Å². The highest BCUT2D eigenvalue weighted by Crippen LogP contribution is 2.29. The van der Waals surface area contributed by atoms with Gasteiger partial charge in [-0.2, -0.15) is 0 Å². The van der Waals surface area contributed by atoms with E-state index in [1.807, 2.05) is 49.4 Å². The van der Waals surface area contributed by atoms with Crippen molar-refractivity contribution in [1.29, 1.82) is 0 Å². The second-order valence-electron chi connectivity index (χ2n) is 5.06. The number of carbonyl (C=O) groups excluding carboxylic acids is 1. The summed E-state index contributed by atoms with van der Waals surface area (Å²) < 4.78 is 0.810. The van der Waals surface area contributed by atoms with Crippen LogP contribution in [0.15, 0.2) is 52.9 Å². The second-order valence-corrected chi connectivity index (χ2v) is 7.69. The van der Waals surface area contributed by atoms with E-state index >= 15 is 0 Å². The summed E-state index contributed by atoms with van der Waals surface area (Å²) in [4.78, 5) is 12.3. The Labute approximate surface area is 153 Å².